The number of aryl methyl sites for hydroxylation is 1. The molecule has 0 amide bonds. The number of hydrogen-bond acceptors (Lipinski definition) is 3. The normalized spacial score (nSPS) is 14.8. The molecular formula is C36H39FN4. The van der Waals surface area contributed by atoms with Gasteiger partial charge >= 0.3 is 0 Å². The quantitative estimate of drug-likeness (QED) is 0.206. The van der Waals surface area contributed by atoms with Gasteiger partial charge in [-0.3, -0.25) is 4.90 Å². The molecule has 5 heteroatoms. The lowest BCUT2D eigenvalue weighted by Crippen LogP contribution is -2.31. The van der Waals surface area contributed by atoms with E-state index in [9.17, 15) is 4.39 Å². The maximum atomic E-state index is 14.3. The van der Waals surface area contributed by atoms with Gasteiger partial charge < -0.3 is 10.3 Å². The van der Waals surface area contributed by atoms with E-state index in [1.54, 1.807) is 12.1 Å². The third kappa shape index (κ3) is 6.26. The fourth-order valence-corrected chi connectivity index (χ4v) is 5.74. The highest BCUT2D eigenvalue weighted by Crippen LogP contribution is 2.35. The summed E-state index contributed by atoms with van der Waals surface area (Å²) >= 11 is 0. The summed E-state index contributed by atoms with van der Waals surface area (Å²) in [6, 6.07) is 15.5. The zero-order valence-electron chi connectivity index (χ0n) is 24.4. The maximum Gasteiger partial charge on any atom is 0.133 e. The van der Waals surface area contributed by atoms with Crippen molar-refractivity contribution in [2.45, 2.75) is 33.1 Å². The van der Waals surface area contributed by atoms with Gasteiger partial charge in [-0.1, -0.05) is 56.0 Å². The van der Waals surface area contributed by atoms with Gasteiger partial charge in [-0.15, -0.1) is 0 Å². The fraction of sp³-hybridized carbons (Fsp3) is 0.250. The van der Waals surface area contributed by atoms with E-state index in [1.807, 2.05) is 50.5 Å². The van der Waals surface area contributed by atoms with Crippen LogP contribution in [0.5, 0.6) is 0 Å². The smallest absolute Gasteiger partial charge is 0.133 e. The van der Waals surface area contributed by atoms with Gasteiger partial charge in [0.2, 0.25) is 0 Å². The van der Waals surface area contributed by atoms with Gasteiger partial charge in [0.05, 0.1) is 0 Å². The first-order chi connectivity index (χ1) is 19.9. The standard InChI is InChI=1S/C36H39FN4/c1-6-26(23-41-14-9-8-10-15-41)18-27(7-2)29-20-32(36(38-5)39-22-29)25(4)35-21-33-31(12-11-13-34(33)40-35)28-16-24(3)17-30(37)19-28/h6-7,11-13,16-22,40H,1,4,8-10,14-15,23H2,2-3,5H3,(H,38,39)/b26-18+,27-7+. The molecule has 0 saturated carbocycles. The number of aromatic amines is 1. The van der Waals surface area contributed by atoms with E-state index < -0.39 is 0 Å². The molecule has 2 aromatic carbocycles. The Hall–Kier alpha value is -4.22. The maximum absolute atomic E-state index is 14.3. The number of benzene rings is 2. The second kappa shape index (κ2) is 12.5. The summed E-state index contributed by atoms with van der Waals surface area (Å²) in [6.45, 7) is 15.7. The van der Waals surface area contributed by atoms with Crippen molar-refractivity contribution in [2.75, 3.05) is 32.0 Å². The Labute approximate surface area is 243 Å². The number of likely N-dealkylation sites (tertiary alicyclic amines) is 1. The van der Waals surface area contributed by atoms with Crippen LogP contribution in [0.1, 0.15) is 48.6 Å². The highest BCUT2D eigenvalue weighted by Gasteiger charge is 2.16. The molecule has 0 atom stereocenters. The van der Waals surface area contributed by atoms with E-state index in [0.717, 1.165) is 81.0 Å². The van der Waals surface area contributed by atoms with Gasteiger partial charge in [-0.2, -0.15) is 0 Å². The second-order valence-corrected chi connectivity index (χ2v) is 10.8. The molecule has 5 rings (SSSR count). The number of aromatic nitrogens is 2. The average molecular weight is 547 g/mol. The van der Waals surface area contributed by atoms with Crippen molar-refractivity contribution in [3.63, 3.8) is 0 Å². The van der Waals surface area contributed by atoms with Crippen LogP contribution in [0.15, 0.2) is 91.7 Å². The number of piperidine rings is 1. The Morgan fingerprint density at radius 2 is 1.93 bits per heavy atom. The minimum absolute atomic E-state index is 0.233. The van der Waals surface area contributed by atoms with Crippen LogP contribution in [0.3, 0.4) is 0 Å². The lowest BCUT2D eigenvalue weighted by molar-refractivity contribution is 0.248. The van der Waals surface area contributed by atoms with Crippen LogP contribution in [0.4, 0.5) is 10.2 Å². The molecule has 1 fully saturated rings. The number of allylic oxidation sites excluding steroid dienone is 3. The Balaban J connectivity index is 1.50. The Morgan fingerprint density at radius 1 is 1.12 bits per heavy atom. The van der Waals surface area contributed by atoms with E-state index in [4.69, 9.17) is 4.98 Å². The predicted molar refractivity (Wildman–Crippen MR) is 173 cm³/mol. The molecule has 210 valence electrons. The number of H-pyrrole nitrogens is 1. The molecule has 0 aliphatic carbocycles. The van der Waals surface area contributed by atoms with E-state index in [1.165, 1.54) is 24.8 Å². The van der Waals surface area contributed by atoms with Crippen LogP contribution < -0.4 is 5.32 Å². The van der Waals surface area contributed by atoms with Crippen molar-refractivity contribution < 1.29 is 4.39 Å². The van der Waals surface area contributed by atoms with Crippen LogP contribution in [0.25, 0.3) is 33.2 Å². The summed E-state index contributed by atoms with van der Waals surface area (Å²) in [5.74, 6) is 0.526. The van der Waals surface area contributed by atoms with Crippen molar-refractivity contribution in [1.29, 1.82) is 0 Å². The first kappa shape index (κ1) is 28.3. The first-order valence-electron chi connectivity index (χ1n) is 14.4. The molecule has 0 unspecified atom stereocenters. The van der Waals surface area contributed by atoms with E-state index in [-0.39, 0.29) is 5.82 Å². The number of nitrogens with zero attached hydrogens (tertiary/aromatic N) is 2. The van der Waals surface area contributed by atoms with Crippen LogP contribution in [-0.4, -0.2) is 41.5 Å². The highest BCUT2D eigenvalue weighted by atomic mass is 19.1. The minimum atomic E-state index is -0.233. The molecular weight excluding hydrogens is 507 g/mol. The zero-order valence-corrected chi connectivity index (χ0v) is 24.4. The Morgan fingerprint density at radius 3 is 2.63 bits per heavy atom. The second-order valence-electron chi connectivity index (χ2n) is 10.8. The Kier molecular flexibility index (Phi) is 8.65. The van der Waals surface area contributed by atoms with E-state index >= 15 is 0 Å². The minimum Gasteiger partial charge on any atom is -0.373 e. The van der Waals surface area contributed by atoms with Crippen molar-refractivity contribution in [3.05, 3.63) is 120 Å². The number of anilines is 1. The number of pyridine rings is 1. The molecule has 3 heterocycles. The molecule has 41 heavy (non-hydrogen) atoms. The number of nitrogens with one attached hydrogen (secondary N) is 2. The SMILES string of the molecule is C=C/C(=C\C(=C/C)c1cnc(NC)c(C(=C)c2cc3c(-c4cc(C)cc(F)c4)cccc3[nH]2)c1)CN1CCCCC1. The Bertz CT molecular complexity index is 1630. The molecule has 1 saturated heterocycles. The number of fused-ring (bicyclic) bond motifs is 1. The fourth-order valence-electron chi connectivity index (χ4n) is 5.74. The largest absolute Gasteiger partial charge is 0.373 e. The lowest BCUT2D eigenvalue weighted by Gasteiger charge is -2.26. The third-order valence-electron chi connectivity index (χ3n) is 7.89. The third-order valence-corrected chi connectivity index (χ3v) is 7.89. The van der Waals surface area contributed by atoms with Gasteiger partial charge in [0.15, 0.2) is 0 Å². The average Bonchev–Trinajstić information content (AvgIpc) is 3.43. The first-order valence-corrected chi connectivity index (χ1v) is 14.4. The van der Waals surface area contributed by atoms with Crippen molar-refractivity contribution >= 4 is 27.9 Å². The summed E-state index contributed by atoms with van der Waals surface area (Å²) in [5.41, 5.74) is 9.67. The molecule has 0 radical (unpaired) electrons. The van der Waals surface area contributed by atoms with E-state index in [0.29, 0.717) is 0 Å². The van der Waals surface area contributed by atoms with Crippen LogP contribution in [0, 0.1) is 12.7 Å². The molecule has 0 bridgehead atoms. The molecule has 1 aliphatic heterocycles. The molecule has 4 aromatic rings. The number of halogens is 1. The van der Waals surface area contributed by atoms with Crippen LogP contribution in [-0.2, 0) is 0 Å². The van der Waals surface area contributed by atoms with Gasteiger partial charge in [0.25, 0.3) is 0 Å². The summed E-state index contributed by atoms with van der Waals surface area (Å²) in [7, 11) is 1.87. The zero-order chi connectivity index (χ0) is 28.9. The number of hydrogen-bond donors (Lipinski definition) is 2. The molecule has 0 spiro atoms. The summed E-state index contributed by atoms with van der Waals surface area (Å²) in [6.07, 6.45) is 12.1. The van der Waals surface area contributed by atoms with Crippen molar-refractivity contribution in [1.82, 2.24) is 14.9 Å². The highest BCUT2D eigenvalue weighted by molar-refractivity contribution is 5.99. The predicted octanol–water partition coefficient (Wildman–Crippen LogP) is 8.78. The summed E-state index contributed by atoms with van der Waals surface area (Å²) in [4.78, 5) is 10.8. The van der Waals surface area contributed by atoms with Gasteiger partial charge in [0, 0.05) is 53.1 Å². The van der Waals surface area contributed by atoms with Gasteiger partial charge in [-0.05, 0) is 97.9 Å². The summed E-state index contributed by atoms with van der Waals surface area (Å²) < 4.78 is 14.3. The topological polar surface area (TPSA) is 44.0 Å². The van der Waals surface area contributed by atoms with Crippen LogP contribution >= 0.6 is 0 Å². The van der Waals surface area contributed by atoms with Crippen molar-refractivity contribution in [3.8, 4) is 11.1 Å². The van der Waals surface area contributed by atoms with Gasteiger partial charge in [-0.25, -0.2) is 9.37 Å². The molecule has 2 N–H and O–H groups in total. The van der Waals surface area contributed by atoms with E-state index in [2.05, 4.69) is 59.6 Å². The molecule has 4 nitrogen and oxygen atoms in total. The van der Waals surface area contributed by atoms with Gasteiger partial charge in [0.1, 0.15) is 11.6 Å². The van der Waals surface area contributed by atoms with Crippen molar-refractivity contribution in [2.24, 2.45) is 0 Å². The lowest BCUT2D eigenvalue weighted by atomic mass is 9.97. The molecule has 2 aromatic heterocycles. The monoisotopic (exact) mass is 546 g/mol. The summed E-state index contributed by atoms with van der Waals surface area (Å²) in [5, 5.41) is 4.26. The molecule has 1 aliphatic rings. The number of rotatable bonds is 9. The van der Waals surface area contributed by atoms with Crippen LogP contribution in [0.2, 0.25) is 0 Å².